The number of likely N-dealkylation sites (tertiary alicyclic amines) is 1. The molecule has 0 saturated carbocycles. The third kappa shape index (κ3) is 6.23. The molecule has 1 aromatic heterocycles. The first-order valence-electron chi connectivity index (χ1n) is 11.7. The second-order valence-corrected chi connectivity index (χ2v) is 9.92. The van der Waals surface area contributed by atoms with Crippen molar-refractivity contribution in [1.82, 2.24) is 9.88 Å². The van der Waals surface area contributed by atoms with Gasteiger partial charge in [0.25, 0.3) is 0 Å². The van der Waals surface area contributed by atoms with Crippen LogP contribution in [0.4, 0.5) is 10.5 Å². The topological polar surface area (TPSA) is 74.4 Å². The molecule has 3 aromatic rings. The summed E-state index contributed by atoms with van der Waals surface area (Å²) in [4.78, 5) is 30.5. The van der Waals surface area contributed by atoms with Crippen molar-refractivity contribution in [3.05, 3.63) is 65.9 Å². The van der Waals surface area contributed by atoms with E-state index in [1.54, 1.807) is 12.3 Å². The lowest BCUT2D eigenvalue weighted by Crippen LogP contribution is -2.37. The van der Waals surface area contributed by atoms with Crippen LogP contribution in [0.25, 0.3) is 10.9 Å². The average Bonchev–Trinajstić information content (AvgIpc) is 3.18. The predicted octanol–water partition coefficient (Wildman–Crippen LogP) is 5.65. The Morgan fingerprint density at radius 3 is 2.52 bits per heavy atom. The lowest BCUT2D eigenvalue weighted by Gasteiger charge is -2.31. The van der Waals surface area contributed by atoms with E-state index in [-0.39, 0.29) is 5.78 Å². The number of nitrogens with zero attached hydrogens (tertiary/aromatic N) is 1. The molecule has 6 nitrogen and oxygen atoms in total. The standard InChI is InChI=1S/C27H33N3O3/c1-27(2,3)33-26(32)29-21-9-10-22-23(17-28-24(22)16-21)25(31)18-30-13-11-20(12-14-30)15-19-7-5-4-6-8-19/h4-10,16-17,20,28H,11-15,18H2,1-3H3,(H,29,32). The Labute approximate surface area is 195 Å². The molecule has 6 heteroatoms. The summed E-state index contributed by atoms with van der Waals surface area (Å²) in [6.45, 7) is 7.81. The highest BCUT2D eigenvalue weighted by Crippen LogP contribution is 2.25. The molecule has 174 valence electrons. The van der Waals surface area contributed by atoms with Crippen LogP contribution in [0.5, 0.6) is 0 Å². The van der Waals surface area contributed by atoms with Crippen molar-refractivity contribution in [2.45, 2.75) is 45.6 Å². The number of carbonyl (C=O) groups excluding carboxylic acids is 2. The number of carbonyl (C=O) groups is 2. The van der Waals surface area contributed by atoms with Crippen LogP contribution in [0.3, 0.4) is 0 Å². The number of amides is 1. The molecular weight excluding hydrogens is 414 g/mol. The highest BCUT2D eigenvalue weighted by atomic mass is 16.6. The van der Waals surface area contributed by atoms with Crippen LogP contribution in [-0.4, -0.2) is 47.0 Å². The Bertz CT molecular complexity index is 1110. The average molecular weight is 448 g/mol. The Balaban J connectivity index is 1.32. The molecule has 0 unspecified atom stereocenters. The first-order valence-corrected chi connectivity index (χ1v) is 11.7. The van der Waals surface area contributed by atoms with E-state index < -0.39 is 11.7 Å². The number of piperidine rings is 1. The molecule has 0 spiro atoms. The van der Waals surface area contributed by atoms with Crippen LogP contribution < -0.4 is 5.32 Å². The summed E-state index contributed by atoms with van der Waals surface area (Å²) < 4.78 is 5.30. The Morgan fingerprint density at radius 2 is 1.82 bits per heavy atom. The summed E-state index contributed by atoms with van der Waals surface area (Å²) in [6.07, 6.45) is 4.63. The van der Waals surface area contributed by atoms with Crippen molar-refractivity contribution in [3.63, 3.8) is 0 Å². The molecule has 0 atom stereocenters. The third-order valence-corrected chi connectivity index (χ3v) is 6.07. The summed E-state index contributed by atoms with van der Waals surface area (Å²) in [6, 6.07) is 16.1. The predicted molar refractivity (Wildman–Crippen MR) is 132 cm³/mol. The van der Waals surface area contributed by atoms with Crippen LogP contribution in [0.2, 0.25) is 0 Å². The van der Waals surface area contributed by atoms with Crippen LogP contribution in [0.1, 0.15) is 49.5 Å². The van der Waals surface area contributed by atoms with Gasteiger partial charge in [0.15, 0.2) is 5.78 Å². The number of hydrogen-bond acceptors (Lipinski definition) is 4. The van der Waals surface area contributed by atoms with E-state index in [0.717, 1.165) is 43.3 Å². The van der Waals surface area contributed by atoms with Gasteiger partial charge >= 0.3 is 6.09 Å². The van der Waals surface area contributed by atoms with Gasteiger partial charge in [0.1, 0.15) is 5.60 Å². The maximum Gasteiger partial charge on any atom is 0.412 e. The molecule has 2 heterocycles. The molecule has 1 fully saturated rings. The number of aromatic nitrogens is 1. The zero-order chi connectivity index (χ0) is 23.4. The van der Waals surface area contributed by atoms with Gasteiger partial charge in [-0.1, -0.05) is 36.4 Å². The smallest absolute Gasteiger partial charge is 0.412 e. The van der Waals surface area contributed by atoms with Gasteiger partial charge in [-0.15, -0.1) is 0 Å². The molecule has 0 radical (unpaired) electrons. The van der Waals surface area contributed by atoms with Crippen molar-refractivity contribution in [3.8, 4) is 0 Å². The normalized spacial score (nSPS) is 15.5. The highest BCUT2D eigenvalue weighted by Gasteiger charge is 2.23. The van der Waals surface area contributed by atoms with Gasteiger partial charge in [-0.3, -0.25) is 15.0 Å². The molecule has 0 aliphatic carbocycles. The van der Waals surface area contributed by atoms with Gasteiger partial charge in [0, 0.05) is 28.4 Å². The Hall–Kier alpha value is -3.12. The minimum absolute atomic E-state index is 0.121. The molecule has 2 aromatic carbocycles. The van der Waals surface area contributed by atoms with Crippen LogP contribution >= 0.6 is 0 Å². The minimum Gasteiger partial charge on any atom is -0.444 e. The number of anilines is 1. The number of hydrogen-bond donors (Lipinski definition) is 2. The SMILES string of the molecule is CC(C)(C)OC(=O)Nc1ccc2c(C(=O)CN3CCC(Cc4ccccc4)CC3)c[nH]c2c1. The van der Waals surface area contributed by atoms with Crippen molar-refractivity contribution < 1.29 is 14.3 Å². The maximum absolute atomic E-state index is 13.0. The van der Waals surface area contributed by atoms with Gasteiger partial charge < -0.3 is 9.72 Å². The van der Waals surface area contributed by atoms with E-state index in [2.05, 4.69) is 45.5 Å². The maximum atomic E-state index is 13.0. The van der Waals surface area contributed by atoms with Crippen molar-refractivity contribution >= 4 is 28.5 Å². The number of fused-ring (bicyclic) bond motifs is 1. The molecule has 1 saturated heterocycles. The summed E-state index contributed by atoms with van der Waals surface area (Å²) in [5, 5.41) is 3.61. The van der Waals surface area contributed by atoms with Crippen molar-refractivity contribution in [2.75, 3.05) is 25.0 Å². The van der Waals surface area contributed by atoms with E-state index in [1.165, 1.54) is 5.56 Å². The Kier molecular flexibility index (Phi) is 6.84. The number of aromatic amines is 1. The quantitative estimate of drug-likeness (QED) is 0.479. The monoisotopic (exact) mass is 447 g/mol. The lowest BCUT2D eigenvalue weighted by atomic mass is 9.90. The second-order valence-electron chi connectivity index (χ2n) is 9.92. The molecule has 1 aliphatic heterocycles. The van der Waals surface area contributed by atoms with Gasteiger partial charge in [-0.05, 0) is 76.7 Å². The third-order valence-electron chi connectivity index (χ3n) is 6.07. The number of Topliss-reactive ketones (excluding diaryl/α,β-unsaturated/α-hetero) is 1. The van der Waals surface area contributed by atoms with Crippen molar-refractivity contribution in [1.29, 1.82) is 0 Å². The van der Waals surface area contributed by atoms with E-state index >= 15 is 0 Å². The first kappa shape index (κ1) is 23.1. The number of benzene rings is 2. The van der Waals surface area contributed by atoms with E-state index in [1.807, 2.05) is 32.9 Å². The lowest BCUT2D eigenvalue weighted by molar-refractivity contribution is 0.0635. The number of H-pyrrole nitrogens is 1. The van der Waals surface area contributed by atoms with Crippen LogP contribution in [0, 0.1) is 5.92 Å². The summed E-state index contributed by atoms with van der Waals surface area (Å²) >= 11 is 0. The molecule has 4 rings (SSSR count). The van der Waals surface area contributed by atoms with E-state index in [4.69, 9.17) is 4.74 Å². The summed E-state index contributed by atoms with van der Waals surface area (Å²) in [7, 11) is 0. The van der Waals surface area contributed by atoms with E-state index in [0.29, 0.717) is 23.7 Å². The molecule has 1 amide bonds. The summed E-state index contributed by atoms with van der Waals surface area (Å²) in [5.41, 5.74) is 2.97. The first-order chi connectivity index (χ1) is 15.8. The van der Waals surface area contributed by atoms with Gasteiger partial charge in [0.05, 0.1) is 6.54 Å². The molecular formula is C27H33N3O3. The van der Waals surface area contributed by atoms with Gasteiger partial charge in [0.2, 0.25) is 0 Å². The van der Waals surface area contributed by atoms with Gasteiger partial charge in [-0.2, -0.15) is 0 Å². The molecule has 2 N–H and O–H groups in total. The zero-order valence-corrected chi connectivity index (χ0v) is 19.7. The summed E-state index contributed by atoms with van der Waals surface area (Å²) in [5.74, 6) is 0.804. The number of ketones is 1. The highest BCUT2D eigenvalue weighted by molar-refractivity contribution is 6.09. The largest absolute Gasteiger partial charge is 0.444 e. The zero-order valence-electron chi connectivity index (χ0n) is 19.7. The minimum atomic E-state index is -0.559. The number of ether oxygens (including phenoxy) is 1. The molecule has 33 heavy (non-hydrogen) atoms. The van der Waals surface area contributed by atoms with Gasteiger partial charge in [-0.25, -0.2) is 4.79 Å². The fraction of sp³-hybridized carbons (Fsp3) is 0.407. The molecule has 0 bridgehead atoms. The number of rotatable bonds is 6. The van der Waals surface area contributed by atoms with E-state index in [9.17, 15) is 9.59 Å². The fourth-order valence-corrected chi connectivity index (χ4v) is 4.44. The van der Waals surface area contributed by atoms with Crippen molar-refractivity contribution in [2.24, 2.45) is 5.92 Å². The number of nitrogens with one attached hydrogen (secondary N) is 2. The molecule has 1 aliphatic rings. The van der Waals surface area contributed by atoms with Crippen LogP contribution in [0.15, 0.2) is 54.7 Å². The van der Waals surface area contributed by atoms with Crippen LogP contribution in [-0.2, 0) is 11.2 Å². The Morgan fingerprint density at radius 1 is 1.09 bits per heavy atom. The second kappa shape index (κ2) is 9.79. The fourth-order valence-electron chi connectivity index (χ4n) is 4.44.